The molecular weight excluding hydrogens is 272 g/mol. The van der Waals surface area contributed by atoms with Gasteiger partial charge in [-0.3, -0.25) is 0 Å². The third-order valence-corrected chi connectivity index (χ3v) is 3.76. The summed E-state index contributed by atoms with van der Waals surface area (Å²) in [5, 5.41) is 2.78. The number of rotatable bonds is 6. The molecule has 1 aromatic rings. The van der Waals surface area contributed by atoms with E-state index < -0.39 is 15.6 Å². The second-order valence-electron chi connectivity index (χ2n) is 3.27. The third kappa shape index (κ3) is 3.54. The molecule has 0 amide bonds. The van der Waals surface area contributed by atoms with Gasteiger partial charge in [0.05, 0.1) is 10.6 Å². The largest absolute Gasteiger partial charge is 0.384 e. The average Bonchev–Trinajstić information content (AvgIpc) is 2.29. The van der Waals surface area contributed by atoms with Crippen molar-refractivity contribution in [3.63, 3.8) is 0 Å². The highest BCUT2D eigenvalue weighted by molar-refractivity contribution is 7.91. The van der Waals surface area contributed by atoms with Gasteiger partial charge in [0.15, 0.2) is 0 Å². The van der Waals surface area contributed by atoms with Crippen LogP contribution in [0, 0.1) is 0 Å². The molecule has 17 heavy (non-hydrogen) atoms. The smallest absolute Gasteiger partial charge is 0.341 e. The van der Waals surface area contributed by atoms with Crippen LogP contribution < -0.4 is 5.32 Å². The fourth-order valence-corrected chi connectivity index (χ4v) is 2.29. The number of para-hydroxylation sites is 1. The van der Waals surface area contributed by atoms with E-state index >= 15 is 0 Å². The highest BCUT2D eigenvalue weighted by atomic mass is 35.5. The zero-order valence-corrected chi connectivity index (χ0v) is 10.4. The lowest BCUT2D eigenvalue weighted by molar-refractivity contribution is 0.235. The van der Waals surface area contributed by atoms with Crippen molar-refractivity contribution in [2.45, 2.75) is 17.1 Å². The van der Waals surface area contributed by atoms with E-state index in [0.717, 1.165) is 6.07 Å². The van der Waals surface area contributed by atoms with Gasteiger partial charge in [0.25, 0.3) is 0 Å². The molecule has 7 heteroatoms. The van der Waals surface area contributed by atoms with Crippen LogP contribution in [0.1, 0.15) is 6.42 Å². The first-order chi connectivity index (χ1) is 8.00. The Morgan fingerprint density at radius 2 is 1.94 bits per heavy atom. The standard InChI is InChI=1S/C10H12ClF2NO2S/c11-6-3-7-14-8-4-1-2-5-9(8)17(15,16)10(12)13/h1-2,4-5,10,14H,3,6-7H2. The van der Waals surface area contributed by atoms with E-state index in [1.165, 1.54) is 12.1 Å². The maximum Gasteiger partial charge on any atom is 0.341 e. The summed E-state index contributed by atoms with van der Waals surface area (Å²) < 4.78 is 47.6. The molecule has 0 radical (unpaired) electrons. The minimum absolute atomic E-state index is 0.179. The van der Waals surface area contributed by atoms with Crippen LogP contribution in [0.4, 0.5) is 14.5 Å². The Kier molecular flexibility index (Phi) is 5.14. The van der Waals surface area contributed by atoms with Gasteiger partial charge in [0.2, 0.25) is 9.84 Å². The number of hydrogen-bond donors (Lipinski definition) is 1. The summed E-state index contributed by atoms with van der Waals surface area (Å²) in [5.74, 6) is -3.00. The number of alkyl halides is 3. The van der Waals surface area contributed by atoms with Gasteiger partial charge in [-0.2, -0.15) is 8.78 Å². The number of hydrogen-bond acceptors (Lipinski definition) is 3. The summed E-state index contributed by atoms with van der Waals surface area (Å²) in [6.45, 7) is 0.430. The zero-order chi connectivity index (χ0) is 12.9. The van der Waals surface area contributed by atoms with Crippen molar-refractivity contribution in [1.82, 2.24) is 0 Å². The van der Waals surface area contributed by atoms with E-state index in [-0.39, 0.29) is 10.6 Å². The second-order valence-corrected chi connectivity index (χ2v) is 5.54. The first-order valence-corrected chi connectivity index (χ1v) is 6.99. The SMILES string of the molecule is O=S(=O)(c1ccccc1NCCCCl)C(F)F. The van der Waals surface area contributed by atoms with Gasteiger partial charge in [0.1, 0.15) is 0 Å². The molecule has 3 nitrogen and oxygen atoms in total. The third-order valence-electron chi connectivity index (χ3n) is 2.05. The molecule has 0 aliphatic rings. The Bertz CT molecular complexity index is 465. The van der Waals surface area contributed by atoms with E-state index in [1.54, 1.807) is 6.07 Å². The van der Waals surface area contributed by atoms with Crippen LogP contribution in [-0.4, -0.2) is 26.6 Å². The first kappa shape index (κ1) is 14.2. The Morgan fingerprint density at radius 3 is 2.53 bits per heavy atom. The summed E-state index contributed by atoms with van der Waals surface area (Å²) in [7, 11) is -4.57. The maximum atomic E-state index is 12.4. The fourth-order valence-electron chi connectivity index (χ4n) is 1.25. The molecule has 0 bridgehead atoms. The minimum atomic E-state index is -4.57. The van der Waals surface area contributed by atoms with Crippen molar-refractivity contribution in [2.75, 3.05) is 17.7 Å². The summed E-state index contributed by atoms with van der Waals surface area (Å²) >= 11 is 5.47. The van der Waals surface area contributed by atoms with Crippen LogP contribution in [-0.2, 0) is 9.84 Å². The molecule has 0 saturated carbocycles. The van der Waals surface area contributed by atoms with Gasteiger partial charge < -0.3 is 5.32 Å². The van der Waals surface area contributed by atoms with Gasteiger partial charge in [-0.05, 0) is 18.6 Å². The molecule has 0 aromatic heterocycles. The number of halogens is 3. The zero-order valence-electron chi connectivity index (χ0n) is 8.87. The molecule has 1 rings (SSSR count). The molecule has 1 N–H and O–H groups in total. The van der Waals surface area contributed by atoms with Crippen molar-refractivity contribution < 1.29 is 17.2 Å². The summed E-state index contributed by atoms with van der Waals surface area (Å²) in [6.07, 6.45) is 0.616. The van der Waals surface area contributed by atoms with Gasteiger partial charge >= 0.3 is 5.76 Å². The normalized spacial score (nSPS) is 11.8. The Hall–Kier alpha value is -0.880. The lowest BCUT2D eigenvalue weighted by Gasteiger charge is -2.11. The molecule has 0 heterocycles. The van der Waals surface area contributed by atoms with Gasteiger partial charge in [-0.15, -0.1) is 11.6 Å². The molecule has 0 fully saturated rings. The number of benzene rings is 1. The van der Waals surface area contributed by atoms with E-state index in [0.29, 0.717) is 18.8 Å². The van der Waals surface area contributed by atoms with E-state index in [4.69, 9.17) is 11.6 Å². The quantitative estimate of drug-likeness (QED) is 0.645. The van der Waals surface area contributed by atoms with E-state index in [2.05, 4.69) is 5.32 Å². The lowest BCUT2D eigenvalue weighted by atomic mass is 10.3. The van der Waals surface area contributed by atoms with Crippen LogP contribution in [0.2, 0.25) is 0 Å². The average molecular weight is 284 g/mol. The van der Waals surface area contributed by atoms with Gasteiger partial charge in [-0.1, -0.05) is 12.1 Å². The van der Waals surface area contributed by atoms with E-state index in [1.807, 2.05) is 0 Å². The van der Waals surface area contributed by atoms with Gasteiger partial charge in [0, 0.05) is 12.4 Å². The molecule has 1 aromatic carbocycles. The minimum Gasteiger partial charge on any atom is -0.384 e. The molecule has 0 spiro atoms. The van der Waals surface area contributed by atoms with Crippen molar-refractivity contribution in [3.8, 4) is 0 Å². The van der Waals surface area contributed by atoms with E-state index in [9.17, 15) is 17.2 Å². The topological polar surface area (TPSA) is 46.2 Å². The number of anilines is 1. The number of nitrogens with one attached hydrogen (secondary N) is 1. The Morgan fingerprint density at radius 1 is 1.29 bits per heavy atom. The number of sulfone groups is 1. The van der Waals surface area contributed by atoms with Crippen LogP contribution >= 0.6 is 11.6 Å². The molecule has 0 unspecified atom stereocenters. The molecule has 0 aliphatic heterocycles. The lowest BCUT2D eigenvalue weighted by Crippen LogP contribution is -2.14. The van der Waals surface area contributed by atoms with Crippen molar-refractivity contribution in [3.05, 3.63) is 24.3 Å². The molecule has 0 atom stereocenters. The highest BCUT2D eigenvalue weighted by Crippen LogP contribution is 2.25. The van der Waals surface area contributed by atoms with Crippen molar-refractivity contribution in [2.24, 2.45) is 0 Å². The predicted octanol–water partition coefficient (Wildman–Crippen LogP) is 2.72. The highest BCUT2D eigenvalue weighted by Gasteiger charge is 2.28. The first-order valence-electron chi connectivity index (χ1n) is 4.91. The van der Waals surface area contributed by atoms with Crippen molar-refractivity contribution >= 4 is 27.1 Å². The monoisotopic (exact) mass is 283 g/mol. The van der Waals surface area contributed by atoms with Crippen molar-refractivity contribution in [1.29, 1.82) is 0 Å². The summed E-state index contributed by atoms with van der Waals surface area (Å²) in [4.78, 5) is -0.385. The maximum absolute atomic E-state index is 12.4. The summed E-state index contributed by atoms with van der Waals surface area (Å²) in [5.41, 5.74) is 0.179. The van der Waals surface area contributed by atoms with Crippen LogP contribution in [0.25, 0.3) is 0 Å². The molecule has 0 aliphatic carbocycles. The predicted molar refractivity (Wildman–Crippen MR) is 63.5 cm³/mol. The summed E-state index contributed by atoms with van der Waals surface area (Å²) in [6, 6.07) is 5.59. The van der Waals surface area contributed by atoms with Crippen LogP contribution in [0.3, 0.4) is 0 Å². The van der Waals surface area contributed by atoms with Crippen LogP contribution in [0.5, 0.6) is 0 Å². The Balaban J connectivity index is 3.00. The van der Waals surface area contributed by atoms with Gasteiger partial charge in [-0.25, -0.2) is 8.42 Å². The Labute approximate surface area is 104 Å². The second kappa shape index (κ2) is 6.16. The molecule has 96 valence electrons. The fraction of sp³-hybridized carbons (Fsp3) is 0.400. The molecule has 0 saturated heterocycles. The van der Waals surface area contributed by atoms with Crippen LogP contribution in [0.15, 0.2) is 29.2 Å². The molecular formula is C10H12ClF2NO2S.